The van der Waals surface area contributed by atoms with Crippen molar-refractivity contribution in [2.24, 2.45) is 0 Å². The number of carboxylic acids is 1. The Kier molecular flexibility index (Phi) is 4.98. The summed E-state index contributed by atoms with van der Waals surface area (Å²) in [6.45, 7) is 4.82. The van der Waals surface area contributed by atoms with E-state index in [1.165, 1.54) is 11.3 Å². The normalized spacial score (nSPS) is 12.0. The van der Waals surface area contributed by atoms with Gasteiger partial charge in [-0.05, 0) is 29.9 Å². The molecule has 0 aliphatic carbocycles. The molecule has 1 heterocycles. The molecule has 0 amide bonds. The lowest BCUT2D eigenvalue weighted by Crippen LogP contribution is -2.39. The van der Waals surface area contributed by atoms with Crippen LogP contribution in [-0.4, -0.2) is 28.3 Å². The van der Waals surface area contributed by atoms with Gasteiger partial charge in [0.25, 0.3) is 0 Å². The molecule has 0 aliphatic rings. The molecule has 1 aromatic heterocycles. The van der Waals surface area contributed by atoms with Crippen molar-refractivity contribution >= 4 is 27.4 Å². The van der Waals surface area contributed by atoms with Crippen molar-refractivity contribution in [3.63, 3.8) is 0 Å². The van der Waals surface area contributed by atoms with Crippen molar-refractivity contribution < 1.29 is 15.0 Å². The summed E-state index contributed by atoms with van der Waals surface area (Å²) in [7, 11) is 0. The Morgan fingerprint density at radius 3 is 2.57 bits per heavy atom. The predicted molar refractivity (Wildman–Crippen MR) is 86.0 cm³/mol. The quantitative estimate of drug-likeness (QED) is 0.734. The lowest BCUT2D eigenvalue weighted by atomic mass is 9.97. The van der Waals surface area contributed by atoms with Crippen molar-refractivity contribution in [3.05, 3.63) is 34.7 Å². The lowest BCUT2D eigenvalue weighted by Gasteiger charge is -2.25. The number of thiophene rings is 1. The molecule has 2 rings (SSSR count). The van der Waals surface area contributed by atoms with Gasteiger partial charge in [0.2, 0.25) is 0 Å². The molecular formula is C16H21NO3S. The highest BCUT2D eigenvalue weighted by atomic mass is 32.1. The number of rotatable bonds is 7. The largest absolute Gasteiger partial charge is 0.477 e. The van der Waals surface area contributed by atoms with Crippen LogP contribution in [0.1, 0.15) is 41.9 Å². The molecule has 0 saturated carbocycles. The fourth-order valence-corrected chi connectivity index (χ4v) is 3.43. The first-order chi connectivity index (χ1) is 10.0. The molecule has 0 saturated heterocycles. The maximum atomic E-state index is 11.4. The van der Waals surface area contributed by atoms with Crippen LogP contribution in [0, 0.1) is 0 Å². The first-order valence-electron chi connectivity index (χ1n) is 7.17. The van der Waals surface area contributed by atoms with E-state index in [1.807, 2.05) is 38.1 Å². The van der Waals surface area contributed by atoms with Gasteiger partial charge in [0, 0.05) is 17.8 Å². The van der Waals surface area contributed by atoms with E-state index in [2.05, 4.69) is 5.32 Å². The Hall–Kier alpha value is -1.43. The number of hydrogen-bond acceptors (Lipinski definition) is 4. The number of aliphatic hydroxyl groups is 1. The average molecular weight is 307 g/mol. The second kappa shape index (κ2) is 6.56. The standard InChI is InChI=1S/C16H21NO3S/c1-3-16(20,4-2)10-17-9-12-11-7-5-6-8-13(11)21-14(12)15(18)19/h5-8,17,20H,3-4,9-10H2,1-2H3,(H,18,19). The third kappa shape index (κ3) is 3.43. The Labute approximate surface area is 128 Å². The third-order valence-corrected chi connectivity index (χ3v) is 5.17. The van der Waals surface area contributed by atoms with E-state index >= 15 is 0 Å². The number of nitrogens with one attached hydrogen (secondary N) is 1. The summed E-state index contributed by atoms with van der Waals surface area (Å²) in [6.07, 6.45) is 1.35. The Balaban J connectivity index is 2.21. The molecular weight excluding hydrogens is 286 g/mol. The lowest BCUT2D eigenvalue weighted by molar-refractivity contribution is 0.0323. The number of carboxylic acid groups (broad SMARTS) is 1. The zero-order valence-corrected chi connectivity index (χ0v) is 13.2. The van der Waals surface area contributed by atoms with Crippen molar-refractivity contribution in [2.45, 2.75) is 38.8 Å². The van der Waals surface area contributed by atoms with Crippen LogP contribution in [-0.2, 0) is 6.54 Å². The van der Waals surface area contributed by atoms with Crippen molar-refractivity contribution in [2.75, 3.05) is 6.54 Å². The second-order valence-electron chi connectivity index (χ2n) is 5.25. The number of aromatic carboxylic acids is 1. The second-order valence-corrected chi connectivity index (χ2v) is 6.30. The summed E-state index contributed by atoms with van der Waals surface area (Å²) in [4.78, 5) is 11.8. The molecule has 0 aliphatic heterocycles. The van der Waals surface area contributed by atoms with Crippen LogP contribution in [0.4, 0.5) is 0 Å². The van der Waals surface area contributed by atoms with Gasteiger partial charge in [-0.15, -0.1) is 11.3 Å². The van der Waals surface area contributed by atoms with E-state index in [4.69, 9.17) is 0 Å². The summed E-state index contributed by atoms with van der Waals surface area (Å²) in [5.74, 6) is -0.894. The summed E-state index contributed by atoms with van der Waals surface area (Å²) in [5.41, 5.74) is 0.0764. The van der Waals surface area contributed by atoms with Gasteiger partial charge in [-0.3, -0.25) is 0 Å². The SMILES string of the molecule is CCC(O)(CC)CNCc1c(C(=O)O)sc2ccccc12. The Morgan fingerprint density at radius 1 is 1.29 bits per heavy atom. The van der Waals surface area contributed by atoms with Gasteiger partial charge in [0.05, 0.1) is 5.60 Å². The Bertz CT molecular complexity index is 631. The third-order valence-electron chi connectivity index (χ3n) is 3.96. The number of carbonyl (C=O) groups is 1. The van der Waals surface area contributed by atoms with E-state index in [-0.39, 0.29) is 0 Å². The van der Waals surface area contributed by atoms with Gasteiger partial charge in [0.1, 0.15) is 4.88 Å². The maximum Gasteiger partial charge on any atom is 0.346 e. The summed E-state index contributed by atoms with van der Waals surface area (Å²) in [5, 5.41) is 23.8. The molecule has 0 bridgehead atoms. The monoisotopic (exact) mass is 307 g/mol. The van der Waals surface area contributed by atoms with Crippen molar-refractivity contribution in [3.8, 4) is 0 Å². The smallest absolute Gasteiger partial charge is 0.346 e. The van der Waals surface area contributed by atoms with Gasteiger partial charge in [-0.1, -0.05) is 32.0 Å². The fraction of sp³-hybridized carbons (Fsp3) is 0.438. The molecule has 21 heavy (non-hydrogen) atoms. The van der Waals surface area contributed by atoms with Crippen LogP contribution >= 0.6 is 11.3 Å². The fourth-order valence-electron chi connectivity index (χ4n) is 2.37. The first-order valence-corrected chi connectivity index (χ1v) is 7.99. The first kappa shape index (κ1) is 15.9. The Morgan fingerprint density at radius 2 is 1.95 bits per heavy atom. The number of hydrogen-bond donors (Lipinski definition) is 3. The molecule has 1 aromatic carbocycles. The van der Waals surface area contributed by atoms with Gasteiger partial charge < -0.3 is 15.5 Å². The molecule has 0 unspecified atom stereocenters. The van der Waals surface area contributed by atoms with Crippen LogP contribution in [0.3, 0.4) is 0 Å². The van der Waals surface area contributed by atoms with Gasteiger partial charge in [-0.2, -0.15) is 0 Å². The van der Waals surface area contributed by atoms with Crippen molar-refractivity contribution in [1.29, 1.82) is 0 Å². The molecule has 0 atom stereocenters. The molecule has 4 nitrogen and oxygen atoms in total. The van der Waals surface area contributed by atoms with E-state index in [9.17, 15) is 15.0 Å². The van der Waals surface area contributed by atoms with E-state index in [0.717, 1.165) is 15.6 Å². The van der Waals surface area contributed by atoms with Crippen LogP contribution in [0.2, 0.25) is 0 Å². The van der Waals surface area contributed by atoms with E-state index < -0.39 is 11.6 Å². The van der Waals surface area contributed by atoms with Gasteiger partial charge >= 0.3 is 5.97 Å². The molecule has 114 valence electrons. The highest BCUT2D eigenvalue weighted by Crippen LogP contribution is 2.31. The predicted octanol–water partition coefficient (Wildman–Crippen LogP) is 3.24. The van der Waals surface area contributed by atoms with Crippen LogP contribution in [0.25, 0.3) is 10.1 Å². The topological polar surface area (TPSA) is 69.6 Å². The van der Waals surface area contributed by atoms with E-state index in [1.54, 1.807) is 0 Å². The minimum Gasteiger partial charge on any atom is -0.477 e. The maximum absolute atomic E-state index is 11.4. The van der Waals surface area contributed by atoms with Crippen LogP contribution in [0.5, 0.6) is 0 Å². The summed E-state index contributed by atoms with van der Waals surface area (Å²) >= 11 is 1.30. The molecule has 2 aromatic rings. The molecule has 0 spiro atoms. The summed E-state index contributed by atoms with van der Waals surface area (Å²) < 4.78 is 0.980. The molecule has 5 heteroatoms. The van der Waals surface area contributed by atoms with Gasteiger partial charge in [-0.25, -0.2) is 4.79 Å². The molecule has 0 radical (unpaired) electrons. The average Bonchev–Trinajstić information content (AvgIpc) is 2.86. The zero-order valence-electron chi connectivity index (χ0n) is 12.3. The number of fused-ring (bicyclic) bond motifs is 1. The molecule has 3 N–H and O–H groups in total. The summed E-state index contributed by atoms with van der Waals surface area (Å²) in [6, 6.07) is 7.71. The minimum atomic E-state index is -0.894. The van der Waals surface area contributed by atoms with Crippen LogP contribution in [0.15, 0.2) is 24.3 Å². The molecule has 0 fully saturated rings. The zero-order chi connectivity index (χ0) is 15.5. The van der Waals surface area contributed by atoms with Gasteiger partial charge in [0.15, 0.2) is 0 Å². The highest BCUT2D eigenvalue weighted by molar-refractivity contribution is 7.21. The van der Waals surface area contributed by atoms with Crippen LogP contribution < -0.4 is 5.32 Å². The number of benzene rings is 1. The highest BCUT2D eigenvalue weighted by Gasteiger charge is 2.22. The van der Waals surface area contributed by atoms with Crippen molar-refractivity contribution in [1.82, 2.24) is 5.32 Å². The minimum absolute atomic E-state index is 0.375. The van der Waals surface area contributed by atoms with E-state index in [0.29, 0.717) is 30.8 Å².